The monoisotopic (exact) mass is 433 g/mol. The molecule has 3 aromatic rings. The molecule has 32 heavy (non-hydrogen) atoms. The van der Waals surface area contributed by atoms with Crippen molar-refractivity contribution in [2.24, 2.45) is 0 Å². The van der Waals surface area contributed by atoms with Crippen LogP contribution in [-0.2, 0) is 6.42 Å². The van der Waals surface area contributed by atoms with Gasteiger partial charge in [-0.3, -0.25) is 4.79 Å². The maximum Gasteiger partial charge on any atom is 0.253 e. The predicted octanol–water partition coefficient (Wildman–Crippen LogP) is 5.50. The van der Waals surface area contributed by atoms with E-state index in [0.717, 1.165) is 42.7 Å². The molecule has 0 saturated carbocycles. The molecular weight excluding hydrogens is 402 g/mol. The largest absolute Gasteiger partial charge is 0.497 e. The maximum atomic E-state index is 13.1. The second-order valence-corrected chi connectivity index (χ2v) is 8.43. The quantitative estimate of drug-likeness (QED) is 0.439. The number of methoxy groups -OCH3 is 1. The molecule has 2 aromatic carbocycles. The van der Waals surface area contributed by atoms with Crippen LogP contribution in [0.2, 0.25) is 0 Å². The molecule has 0 aliphatic carbocycles. The minimum atomic E-state index is 0.0560. The van der Waals surface area contributed by atoms with Gasteiger partial charge in [0.25, 0.3) is 5.91 Å². The van der Waals surface area contributed by atoms with Gasteiger partial charge >= 0.3 is 0 Å². The van der Waals surface area contributed by atoms with E-state index in [1.165, 1.54) is 24.8 Å². The highest BCUT2D eigenvalue weighted by Crippen LogP contribution is 2.29. The lowest BCUT2D eigenvalue weighted by Crippen LogP contribution is -2.39. The smallest absolute Gasteiger partial charge is 0.253 e. The first-order valence-electron chi connectivity index (χ1n) is 11.5. The Hall–Kier alpha value is -3.15. The van der Waals surface area contributed by atoms with Crippen LogP contribution in [0.1, 0.15) is 66.8 Å². The number of piperidine rings is 1. The highest BCUT2D eigenvalue weighted by atomic mass is 16.5. The van der Waals surface area contributed by atoms with Crippen molar-refractivity contribution in [3.63, 3.8) is 0 Å². The first kappa shape index (κ1) is 22.1. The number of carbonyl (C=O) groups excluding carboxylic acids is 1. The van der Waals surface area contributed by atoms with E-state index in [9.17, 15) is 4.79 Å². The van der Waals surface area contributed by atoms with E-state index in [2.05, 4.69) is 29.2 Å². The summed E-state index contributed by atoms with van der Waals surface area (Å²) in [7, 11) is 1.64. The topological polar surface area (TPSA) is 68.5 Å². The van der Waals surface area contributed by atoms with Gasteiger partial charge in [0.1, 0.15) is 5.75 Å². The van der Waals surface area contributed by atoms with Crippen molar-refractivity contribution >= 4 is 5.91 Å². The van der Waals surface area contributed by atoms with E-state index in [0.29, 0.717) is 18.3 Å². The third kappa shape index (κ3) is 5.18. The molecule has 6 nitrogen and oxygen atoms in total. The van der Waals surface area contributed by atoms with Crippen LogP contribution in [0.5, 0.6) is 5.75 Å². The molecular formula is C26H31N3O3. The van der Waals surface area contributed by atoms with Crippen LogP contribution >= 0.6 is 0 Å². The van der Waals surface area contributed by atoms with E-state index >= 15 is 0 Å². The van der Waals surface area contributed by atoms with Crippen molar-refractivity contribution in [2.45, 2.75) is 51.4 Å². The van der Waals surface area contributed by atoms with Crippen molar-refractivity contribution in [3.8, 4) is 17.1 Å². The lowest BCUT2D eigenvalue weighted by atomic mass is 9.97. The Morgan fingerprint density at radius 2 is 1.91 bits per heavy atom. The summed E-state index contributed by atoms with van der Waals surface area (Å²) >= 11 is 0. The Labute approximate surface area is 189 Å². The Bertz CT molecular complexity index is 1010. The van der Waals surface area contributed by atoms with Crippen LogP contribution in [0, 0.1) is 0 Å². The fourth-order valence-electron chi connectivity index (χ4n) is 4.20. The average Bonchev–Trinajstić information content (AvgIpc) is 3.35. The average molecular weight is 434 g/mol. The molecule has 1 unspecified atom stereocenters. The Balaban J connectivity index is 1.40. The van der Waals surface area contributed by atoms with Crippen LogP contribution < -0.4 is 4.74 Å². The minimum Gasteiger partial charge on any atom is -0.497 e. The number of aryl methyl sites for hydroxylation is 1. The third-order valence-corrected chi connectivity index (χ3v) is 6.12. The molecule has 1 aliphatic rings. The van der Waals surface area contributed by atoms with Crippen LogP contribution in [0.25, 0.3) is 11.4 Å². The lowest BCUT2D eigenvalue weighted by molar-refractivity contribution is 0.0695. The highest BCUT2D eigenvalue weighted by Gasteiger charge is 2.29. The van der Waals surface area contributed by atoms with E-state index < -0.39 is 0 Å². The molecule has 1 aliphatic heterocycles. The number of likely N-dealkylation sites (tertiary alicyclic amines) is 1. The van der Waals surface area contributed by atoms with E-state index in [4.69, 9.17) is 9.26 Å². The molecule has 0 spiro atoms. The van der Waals surface area contributed by atoms with Crippen molar-refractivity contribution in [1.82, 2.24) is 15.0 Å². The number of hydrogen-bond donors (Lipinski definition) is 0. The highest BCUT2D eigenvalue weighted by molar-refractivity contribution is 5.94. The number of aromatic nitrogens is 2. The number of benzene rings is 2. The fraction of sp³-hybridized carbons (Fsp3) is 0.423. The van der Waals surface area contributed by atoms with Gasteiger partial charge < -0.3 is 14.2 Å². The normalized spacial score (nSPS) is 16.2. The van der Waals surface area contributed by atoms with Gasteiger partial charge in [0.05, 0.1) is 13.0 Å². The van der Waals surface area contributed by atoms with Crippen molar-refractivity contribution in [2.75, 3.05) is 20.2 Å². The van der Waals surface area contributed by atoms with Crippen molar-refractivity contribution < 1.29 is 14.1 Å². The molecule has 0 bridgehead atoms. The molecule has 2 heterocycles. The molecule has 6 heteroatoms. The third-order valence-electron chi connectivity index (χ3n) is 6.12. The fourth-order valence-corrected chi connectivity index (χ4v) is 4.20. The number of rotatable bonds is 8. The summed E-state index contributed by atoms with van der Waals surface area (Å²) in [4.78, 5) is 19.6. The molecule has 1 amide bonds. The SMILES string of the molecule is CCCCCc1ccc(C(=O)N2CCCC(c3nc(-c4ccc(OC)cc4)no3)C2)cc1. The Kier molecular flexibility index (Phi) is 7.20. The van der Waals surface area contributed by atoms with Gasteiger partial charge in [-0.2, -0.15) is 4.98 Å². The summed E-state index contributed by atoms with van der Waals surface area (Å²) in [6.45, 7) is 3.57. The first-order chi connectivity index (χ1) is 15.7. The van der Waals surface area contributed by atoms with Gasteiger partial charge in [-0.05, 0) is 67.6 Å². The zero-order chi connectivity index (χ0) is 22.3. The van der Waals surface area contributed by atoms with Crippen LogP contribution in [0.4, 0.5) is 0 Å². The summed E-state index contributed by atoms with van der Waals surface area (Å²) in [5.41, 5.74) is 2.92. The summed E-state index contributed by atoms with van der Waals surface area (Å²) < 4.78 is 10.8. The minimum absolute atomic E-state index is 0.0560. The number of hydrogen-bond acceptors (Lipinski definition) is 5. The van der Waals surface area contributed by atoms with Crippen LogP contribution in [0.3, 0.4) is 0 Å². The van der Waals surface area contributed by atoms with E-state index in [1.807, 2.05) is 41.3 Å². The van der Waals surface area contributed by atoms with Crippen molar-refractivity contribution in [1.29, 1.82) is 0 Å². The van der Waals surface area contributed by atoms with Gasteiger partial charge in [-0.15, -0.1) is 0 Å². The molecule has 4 rings (SSSR count). The Morgan fingerprint density at radius 3 is 2.62 bits per heavy atom. The molecule has 1 atom stereocenters. The van der Waals surface area contributed by atoms with Gasteiger partial charge in [-0.1, -0.05) is 37.1 Å². The second-order valence-electron chi connectivity index (χ2n) is 8.43. The van der Waals surface area contributed by atoms with Gasteiger partial charge in [0.2, 0.25) is 11.7 Å². The van der Waals surface area contributed by atoms with Gasteiger partial charge in [0.15, 0.2) is 0 Å². The summed E-state index contributed by atoms with van der Waals surface area (Å²) in [6, 6.07) is 15.7. The van der Waals surface area contributed by atoms with Gasteiger partial charge in [-0.25, -0.2) is 0 Å². The first-order valence-corrected chi connectivity index (χ1v) is 11.5. The molecule has 168 valence electrons. The lowest BCUT2D eigenvalue weighted by Gasteiger charge is -2.31. The summed E-state index contributed by atoms with van der Waals surface area (Å²) in [5.74, 6) is 2.07. The predicted molar refractivity (Wildman–Crippen MR) is 124 cm³/mol. The number of carbonyl (C=O) groups is 1. The Morgan fingerprint density at radius 1 is 1.12 bits per heavy atom. The second kappa shape index (κ2) is 10.4. The number of nitrogens with zero attached hydrogens (tertiary/aromatic N) is 3. The molecule has 1 aromatic heterocycles. The summed E-state index contributed by atoms with van der Waals surface area (Å²) in [5, 5.41) is 4.16. The van der Waals surface area contributed by atoms with E-state index in [1.54, 1.807) is 7.11 Å². The standard InChI is InChI=1S/C26H31N3O3/c1-3-4-5-7-19-9-11-21(12-10-19)26(30)29-17-6-8-22(18-29)25-27-24(28-32-25)20-13-15-23(31-2)16-14-20/h9-16,22H,3-8,17-18H2,1-2H3. The summed E-state index contributed by atoms with van der Waals surface area (Å²) in [6.07, 6.45) is 6.58. The zero-order valence-corrected chi connectivity index (χ0v) is 18.9. The maximum absolute atomic E-state index is 13.1. The number of amides is 1. The zero-order valence-electron chi connectivity index (χ0n) is 18.9. The van der Waals surface area contributed by atoms with Gasteiger partial charge in [0, 0.05) is 24.2 Å². The van der Waals surface area contributed by atoms with Crippen molar-refractivity contribution in [3.05, 3.63) is 65.5 Å². The number of ether oxygens (including phenoxy) is 1. The molecule has 1 saturated heterocycles. The van der Waals surface area contributed by atoms with Crippen LogP contribution in [0.15, 0.2) is 53.1 Å². The molecule has 0 N–H and O–H groups in total. The van der Waals surface area contributed by atoms with E-state index in [-0.39, 0.29) is 11.8 Å². The molecule has 0 radical (unpaired) electrons. The number of unbranched alkanes of at least 4 members (excludes halogenated alkanes) is 2. The molecule has 1 fully saturated rings. The van der Waals surface area contributed by atoms with Crippen LogP contribution in [-0.4, -0.2) is 41.1 Å².